The van der Waals surface area contributed by atoms with Gasteiger partial charge >= 0.3 is 0 Å². The van der Waals surface area contributed by atoms with Gasteiger partial charge in [0.05, 0.1) is 0 Å². The lowest BCUT2D eigenvalue weighted by Gasteiger charge is -2.16. The molecular formula is C18H20BrN. The highest BCUT2D eigenvalue weighted by molar-refractivity contribution is 9.10. The number of fused-ring (bicyclic) bond motifs is 1. The molecule has 1 atom stereocenters. The van der Waals surface area contributed by atoms with Crippen LogP contribution in [0.4, 0.5) is 5.69 Å². The molecule has 104 valence electrons. The number of halogens is 1. The zero-order valence-electron chi connectivity index (χ0n) is 11.8. The van der Waals surface area contributed by atoms with E-state index in [4.69, 9.17) is 0 Å². The molecule has 0 saturated carbocycles. The standard InChI is InChI=1S/C18H20BrN/c1-13(11-14-5-8-17(19)9-6-14)20-18-10-7-15-3-2-4-16(15)12-18/h5-10,12-13,20H,2-4,11H2,1H3. The minimum absolute atomic E-state index is 0.440. The average Bonchev–Trinajstić information content (AvgIpc) is 2.89. The Morgan fingerprint density at radius 1 is 1.05 bits per heavy atom. The molecule has 0 spiro atoms. The van der Waals surface area contributed by atoms with E-state index >= 15 is 0 Å². The van der Waals surface area contributed by atoms with E-state index in [-0.39, 0.29) is 0 Å². The van der Waals surface area contributed by atoms with Crippen molar-refractivity contribution in [3.63, 3.8) is 0 Å². The molecule has 3 rings (SSSR count). The topological polar surface area (TPSA) is 12.0 Å². The van der Waals surface area contributed by atoms with E-state index in [1.54, 1.807) is 0 Å². The van der Waals surface area contributed by atoms with Crippen LogP contribution in [-0.4, -0.2) is 6.04 Å². The molecule has 1 aliphatic rings. The van der Waals surface area contributed by atoms with Crippen molar-refractivity contribution in [2.45, 2.75) is 38.6 Å². The van der Waals surface area contributed by atoms with Crippen LogP contribution in [0.2, 0.25) is 0 Å². The molecule has 0 aliphatic heterocycles. The van der Waals surface area contributed by atoms with Crippen LogP contribution in [0, 0.1) is 0 Å². The third kappa shape index (κ3) is 3.24. The van der Waals surface area contributed by atoms with Gasteiger partial charge < -0.3 is 5.32 Å². The number of anilines is 1. The van der Waals surface area contributed by atoms with E-state index < -0.39 is 0 Å². The first kappa shape index (κ1) is 13.7. The Balaban J connectivity index is 1.63. The molecule has 0 aromatic heterocycles. The van der Waals surface area contributed by atoms with Gasteiger partial charge in [-0.1, -0.05) is 34.1 Å². The molecule has 2 heteroatoms. The normalized spacial score (nSPS) is 14.9. The summed E-state index contributed by atoms with van der Waals surface area (Å²) < 4.78 is 1.14. The molecule has 1 nitrogen and oxygen atoms in total. The third-order valence-corrected chi connectivity index (χ3v) is 4.50. The molecule has 2 aromatic rings. The Hall–Kier alpha value is -1.28. The Bertz CT molecular complexity index is 589. The Morgan fingerprint density at radius 3 is 2.60 bits per heavy atom. The first-order valence-electron chi connectivity index (χ1n) is 7.33. The first-order chi connectivity index (χ1) is 9.70. The first-order valence-corrected chi connectivity index (χ1v) is 8.13. The number of rotatable bonds is 4. The summed E-state index contributed by atoms with van der Waals surface area (Å²) in [6, 6.07) is 15.9. The van der Waals surface area contributed by atoms with Crippen LogP contribution < -0.4 is 5.32 Å². The fraction of sp³-hybridized carbons (Fsp3) is 0.333. The Labute approximate surface area is 129 Å². The summed E-state index contributed by atoms with van der Waals surface area (Å²) in [6.07, 6.45) is 4.85. The van der Waals surface area contributed by atoms with E-state index in [0.717, 1.165) is 10.9 Å². The minimum atomic E-state index is 0.440. The van der Waals surface area contributed by atoms with Crippen molar-refractivity contribution < 1.29 is 0 Å². The molecule has 0 saturated heterocycles. The highest BCUT2D eigenvalue weighted by Crippen LogP contribution is 2.25. The van der Waals surface area contributed by atoms with Crippen molar-refractivity contribution >= 4 is 21.6 Å². The van der Waals surface area contributed by atoms with Crippen LogP contribution in [0.1, 0.15) is 30.0 Å². The summed E-state index contributed by atoms with van der Waals surface area (Å²) in [7, 11) is 0. The zero-order chi connectivity index (χ0) is 13.9. The van der Waals surface area contributed by atoms with Crippen LogP contribution >= 0.6 is 15.9 Å². The number of nitrogens with one attached hydrogen (secondary N) is 1. The molecule has 0 fully saturated rings. The smallest absolute Gasteiger partial charge is 0.0345 e. The van der Waals surface area contributed by atoms with E-state index in [9.17, 15) is 0 Å². The van der Waals surface area contributed by atoms with E-state index in [2.05, 4.69) is 70.6 Å². The molecule has 2 aromatic carbocycles. The Kier molecular flexibility index (Phi) is 4.11. The lowest BCUT2D eigenvalue weighted by Crippen LogP contribution is -2.18. The van der Waals surface area contributed by atoms with Gasteiger partial charge in [0.15, 0.2) is 0 Å². The summed E-state index contributed by atoms with van der Waals surface area (Å²) in [5, 5.41) is 3.62. The van der Waals surface area contributed by atoms with E-state index in [1.807, 2.05) is 0 Å². The van der Waals surface area contributed by atoms with Crippen LogP contribution in [0.25, 0.3) is 0 Å². The molecule has 1 N–H and O–H groups in total. The molecular weight excluding hydrogens is 310 g/mol. The molecule has 0 amide bonds. The van der Waals surface area contributed by atoms with Crippen LogP contribution in [0.3, 0.4) is 0 Å². The quantitative estimate of drug-likeness (QED) is 0.833. The van der Waals surface area contributed by atoms with Gasteiger partial charge in [0.1, 0.15) is 0 Å². The third-order valence-electron chi connectivity index (χ3n) is 3.97. The summed E-state index contributed by atoms with van der Waals surface area (Å²) in [5.74, 6) is 0. The average molecular weight is 330 g/mol. The van der Waals surface area contributed by atoms with Crippen molar-refractivity contribution in [3.8, 4) is 0 Å². The monoisotopic (exact) mass is 329 g/mol. The highest BCUT2D eigenvalue weighted by Gasteiger charge is 2.11. The van der Waals surface area contributed by atoms with Crippen LogP contribution in [0.5, 0.6) is 0 Å². The Morgan fingerprint density at radius 2 is 1.80 bits per heavy atom. The number of hydrogen-bond acceptors (Lipinski definition) is 1. The lowest BCUT2D eigenvalue weighted by molar-refractivity contribution is 0.790. The van der Waals surface area contributed by atoms with Gasteiger partial charge in [-0.3, -0.25) is 0 Å². The van der Waals surface area contributed by atoms with Crippen molar-refractivity contribution in [2.75, 3.05) is 5.32 Å². The van der Waals surface area contributed by atoms with Gasteiger partial charge in [-0.2, -0.15) is 0 Å². The summed E-state index contributed by atoms with van der Waals surface area (Å²) in [4.78, 5) is 0. The maximum Gasteiger partial charge on any atom is 0.0345 e. The zero-order valence-corrected chi connectivity index (χ0v) is 13.4. The SMILES string of the molecule is CC(Cc1ccc(Br)cc1)Nc1ccc2c(c1)CCC2. The van der Waals surface area contributed by atoms with Crippen molar-refractivity contribution in [1.29, 1.82) is 0 Å². The van der Waals surface area contributed by atoms with E-state index in [1.165, 1.54) is 41.6 Å². The summed E-state index contributed by atoms with van der Waals surface area (Å²) in [6.45, 7) is 2.25. The predicted octanol–water partition coefficient (Wildman–Crippen LogP) is 4.98. The molecule has 1 unspecified atom stereocenters. The van der Waals surface area contributed by atoms with Crippen LogP contribution in [-0.2, 0) is 19.3 Å². The minimum Gasteiger partial charge on any atom is -0.382 e. The predicted molar refractivity (Wildman–Crippen MR) is 89.4 cm³/mol. The van der Waals surface area contributed by atoms with Gasteiger partial charge in [0.25, 0.3) is 0 Å². The van der Waals surface area contributed by atoms with Gasteiger partial charge in [0, 0.05) is 16.2 Å². The van der Waals surface area contributed by atoms with Crippen molar-refractivity contribution in [2.24, 2.45) is 0 Å². The second-order valence-corrected chi connectivity index (χ2v) is 6.63. The molecule has 20 heavy (non-hydrogen) atoms. The maximum absolute atomic E-state index is 3.62. The van der Waals surface area contributed by atoms with Gasteiger partial charge in [0.2, 0.25) is 0 Å². The van der Waals surface area contributed by atoms with Gasteiger partial charge in [-0.15, -0.1) is 0 Å². The number of aryl methyl sites for hydroxylation is 2. The second-order valence-electron chi connectivity index (χ2n) is 5.71. The largest absolute Gasteiger partial charge is 0.382 e. The van der Waals surface area contributed by atoms with Gasteiger partial charge in [-0.05, 0) is 73.6 Å². The molecule has 1 aliphatic carbocycles. The summed E-state index contributed by atoms with van der Waals surface area (Å²) >= 11 is 3.48. The lowest BCUT2D eigenvalue weighted by atomic mass is 10.1. The number of benzene rings is 2. The fourth-order valence-electron chi connectivity index (χ4n) is 2.97. The summed E-state index contributed by atoms with van der Waals surface area (Å²) in [5.41, 5.74) is 5.70. The van der Waals surface area contributed by atoms with Crippen molar-refractivity contribution in [1.82, 2.24) is 0 Å². The molecule has 0 bridgehead atoms. The fourth-order valence-corrected chi connectivity index (χ4v) is 3.24. The second kappa shape index (κ2) is 6.01. The molecule has 0 radical (unpaired) electrons. The highest BCUT2D eigenvalue weighted by atomic mass is 79.9. The molecule has 0 heterocycles. The van der Waals surface area contributed by atoms with Gasteiger partial charge in [-0.25, -0.2) is 0 Å². The van der Waals surface area contributed by atoms with Crippen molar-refractivity contribution in [3.05, 3.63) is 63.6 Å². The van der Waals surface area contributed by atoms with Crippen LogP contribution in [0.15, 0.2) is 46.9 Å². The maximum atomic E-state index is 3.62. The van der Waals surface area contributed by atoms with E-state index in [0.29, 0.717) is 6.04 Å². The number of hydrogen-bond donors (Lipinski definition) is 1.